The summed E-state index contributed by atoms with van der Waals surface area (Å²) in [4.78, 5) is 19.0. The van der Waals surface area contributed by atoms with Crippen LogP contribution in [0, 0.1) is 0 Å². The molecule has 0 spiro atoms. The van der Waals surface area contributed by atoms with Crippen LogP contribution in [0.2, 0.25) is 0 Å². The molecule has 82 valence electrons. The summed E-state index contributed by atoms with van der Waals surface area (Å²) in [6, 6.07) is 3.49. The minimum Gasteiger partial charge on any atom is -0.464 e. The Balaban J connectivity index is 2.19. The van der Waals surface area contributed by atoms with Gasteiger partial charge in [0.15, 0.2) is 0 Å². The third kappa shape index (κ3) is 2.22. The van der Waals surface area contributed by atoms with Gasteiger partial charge in [-0.3, -0.25) is 0 Å². The average Bonchev–Trinajstić information content (AvgIpc) is 2.81. The van der Waals surface area contributed by atoms with Gasteiger partial charge in [0.2, 0.25) is 0 Å². The minimum atomic E-state index is -0.444. The fraction of sp³-hybridized carbons (Fsp3) is 0.200. The summed E-state index contributed by atoms with van der Waals surface area (Å²) >= 11 is 0. The Morgan fingerprint density at radius 1 is 1.56 bits per heavy atom. The molecule has 0 aromatic carbocycles. The van der Waals surface area contributed by atoms with Crippen LogP contribution in [0.4, 0.5) is 0 Å². The van der Waals surface area contributed by atoms with Crippen LogP contribution in [-0.2, 0) is 11.3 Å². The molecule has 0 saturated carbocycles. The van der Waals surface area contributed by atoms with Crippen molar-refractivity contribution < 1.29 is 9.53 Å². The van der Waals surface area contributed by atoms with Crippen molar-refractivity contribution >= 4 is 5.97 Å². The van der Waals surface area contributed by atoms with Crippen molar-refractivity contribution in [3.05, 3.63) is 42.2 Å². The first-order valence-corrected chi connectivity index (χ1v) is 4.65. The molecule has 2 rings (SSSR count). The average molecular weight is 218 g/mol. The smallest absolute Gasteiger partial charge is 0.356 e. The third-order valence-corrected chi connectivity index (χ3v) is 2.03. The number of nitrogens with zero attached hydrogens (tertiary/aromatic N) is 4. The number of hydrogen-bond acceptors (Lipinski definition) is 5. The molecule has 0 saturated heterocycles. The number of ether oxygens (including phenoxy) is 1. The lowest BCUT2D eigenvalue weighted by Crippen LogP contribution is -2.06. The highest BCUT2D eigenvalue weighted by atomic mass is 16.5. The van der Waals surface area contributed by atoms with Gasteiger partial charge in [-0.15, -0.1) is 0 Å². The molecule has 0 bridgehead atoms. The number of rotatable bonds is 3. The second-order valence-electron chi connectivity index (χ2n) is 3.13. The first-order chi connectivity index (χ1) is 7.79. The van der Waals surface area contributed by atoms with Gasteiger partial charge >= 0.3 is 5.97 Å². The van der Waals surface area contributed by atoms with E-state index in [2.05, 4.69) is 19.8 Å². The number of hydrogen-bond donors (Lipinski definition) is 0. The van der Waals surface area contributed by atoms with Gasteiger partial charge in [-0.05, 0) is 17.7 Å². The van der Waals surface area contributed by atoms with E-state index in [-0.39, 0.29) is 0 Å². The van der Waals surface area contributed by atoms with Crippen LogP contribution >= 0.6 is 0 Å². The molecular weight excluding hydrogens is 208 g/mol. The van der Waals surface area contributed by atoms with Crippen molar-refractivity contribution in [1.29, 1.82) is 0 Å². The van der Waals surface area contributed by atoms with Gasteiger partial charge in [-0.2, -0.15) is 5.10 Å². The highest BCUT2D eigenvalue weighted by Gasteiger charge is 2.07. The van der Waals surface area contributed by atoms with Gasteiger partial charge < -0.3 is 4.74 Å². The lowest BCUT2D eigenvalue weighted by atomic mass is 10.2. The number of carbonyl (C=O) groups is 1. The lowest BCUT2D eigenvalue weighted by molar-refractivity contribution is 0.0594. The fourth-order valence-electron chi connectivity index (χ4n) is 1.29. The predicted octanol–water partition coefficient (Wildman–Crippen LogP) is 0.508. The van der Waals surface area contributed by atoms with Crippen LogP contribution in [-0.4, -0.2) is 32.8 Å². The molecule has 16 heavy (non-hydrogen) atoms. The second kappa shape index (κ2) is 4.52. The SMILES string of the molecule is COC(=O)c1cc(Cn2cncn2)ccn1. The number of esters is 1. The van der Waals surface area contributed by atoms with Crippen molar-refractivity contribution in [2.45, 2.75) is 6.54 Å². The maximum Gasteiger partial charge on any atom is 0.356 e. The molecule has 2 aromatic heterocycles. The summed E-state index contributed by atoms with van der Waals surface area (Å²) in [6.45, 7) is 0.548. The van der Waals surface area contributed by atoms with Crippen molar-refractivity contribution in [3.63, 3.8) is 0 Å². The fourth-order valence-corrected chi connectivity index (χ4v) is 1.29. The highest BCUT2D eigenvalue weighted by Crippen LogP contribution is 2.04. The third-order valence-electron chi connectivity index (χ3n) is 2.03. The van der Waals surface area contributed by atoms with Gasteiger partial charge in [0.25, 0.3) is 0 Å². The van der Waals surface area contributed by atoms with E-state index in [0.29, 0.717) is 12.2 Å². The van der Waals surface area contributed by atoms with E-state index in [1.807, 2.05) is 6.07 Å². The zero-order valence-electron chi connectivity index (χ0n) is 8.70. The summed E-state index contributed by atoms with van der Waals surface area (Å²) in [5.74, 6) is -0.444. The van der Waals surface area contributed by atoms with Crippen LogP contribution in [0.3, 0.4) is 0 Å². The van der Waals surface area contributed by atoms with Crippen LogP contribution in [0.5, 0.6) is 0 Å². The maximum absolute atomic E-state index is 11.2. The monoisotopic (exact) mass is 218 g/mol. The molecule has 0 fully saturated rings. The predicted molar refractivity (Wildman–Crippen MR) is 54.7 cm³/mol. The zero-order valence-corrected chi connectivity index (χ0v) is 8.70. The van der Waals surface area contributed by atoms with Crippen molar-refractivity contribution in [2.24, 2.45) is 0 Å². The Bertz CT molecular complexity index is 481. The van der Waals surface area contributed by atoms with Crippen LogP contribution in [0.15, 0.2) is 31.0 Å². The molecule has 2 heterocycles. The normalized spacial score (nSPS) is 10.1. The van der Waals surface area contributed by atoms with Crippen LogP contribution in [0.1, 0.15) is 16.1 Å². The van der Waals surface area contributed by atoms with E-state index in [0.717, 1.165) is 5.56 Å². The molecule has 0 amide bonds. The maximum atomic E-state index is 11.2. The largest absolute Gasteiger partial charge is 0.464 e. The van der Waals surface area contributed by atoms with Gasteiger partial charge in [0, 0.05) is 6.20 Å². The van der Waals surface area contributed by atoms with Gasteiger partial charge in [0.1, 0.15) is 18.3 Å². The molecule has 0 radical (unpaired) electrons. The standard InChI is InChI=1S/C10H10N4O2/c1-16-10(15)9-4-8(2-3-12-9)5-14-7-11-6-13-14/h2-4,6-7H,5H2,1H3. The topological polar surface area (TPSA) is 69.9 Å². The molecule has 6 nitrogen and oxygen atoms in total. The first-order valence-electron chi connectivity index (χ1n) is 4.65. The first kappa shape index (κ1) is 10.3. The van der Waals surface area contributed by atoms with E-state index in [4.69, 9.17) is 0 Å². The highest BCUT2D eigenvalue weighted by molar-refractivity contribution is 5.87. The quantitative estimate of drug-likeness (QED) is 0.702. The van der Waals surface area contributed by atoms with Crippen molar-refractivity contribution in [3.8, 4) is 0 Å². The molecule has 6 heteroatoms. The molecule has 0 aliphatic carbocycles. The number of aromatic nitrogens is 4. The summed E-state index contributed by atoms with van der Waals surface area (Å²) in [5, 5.41) is 3.98. The molecule has 0 aliphatic rings. The summed E-state index contributed by atoms with van der Waals surface area (Å²) in [6.07, 6.45) is 4.64. The lowest BCUT2D eigenvalue weighted by Gasteiger charge is -2.03. The van der Waals surface area contributed by atoms with Crippen LogP contribution in [0.25, 0.3) is 0 Å². The van der Waals surface area contributed by atoms with E-state index in [1.165, 1.54) is 13.4 Å². The molecule has 0 atom stereocenters. The van der Waals surface area contributed by atoms with Crippen LogP contribution < -0.4 is 0 Å². The molecule has 0 N–H and O–H groups in total. The van der Waals surface area contributed by atoms with Gasteiger partial charge in [-0.25, -0.2) is 19.4 Å². The van der Waals surface area contributed by atoms with Crippen molar-refractivity contribution in [2.75, 3.05) is 7.11 Å². The molecular formula is C10H10N4O2. The Labute approximate surface area is 91.9 Å². The zero-order chi connectivity index (χ0) is 11.4. The molecule has 2 aromatic rings. The van der Waals surface area contributed by atoms with E-state index in [1.54, 1.807) is 23.3 Å². The molecule has 0 aliphatic heterocycles. The Kier molecular flexibility index (Phi) is 2.90. The van der Waals surface area contributed by atoms with Gasteiger partial charge in [-0.1, -0.05) is 0 Å². The number of methoxy groups -OCH3 is 1. The minimum absolute atomic E-state index is 0.292. The van der Waals surface area contributed by atoms with E-state index < -0.39 is 5.97 Å². The summed E-state index contributed by atoms with van der Waals surface area (Å²) < 4.78 is 6.25. The summed E-state index contributed by atoms with van der Waals surface area (Å²) in [7, 11) is 1.33. The Morgan fingerprint density at radius 2 is 2.44 bits per heavy atom. The van der Waals surface area contributed by atoms with Crippen molar-refractivity contribution in [1.82, 2.24) is 19.7 Å². The van der Waals surface area contributed by atoms with E-state index in [9.17, 15) is 4.79 Å². The second-order valence-corrected chi connectivity index (χ2v) is 3.13. The Hall–Kier alpha value is -2.24. The number of pyridine rings is 1. The number of carbonyl (C=O) groups excluding carboxylic acids is 1. The van der Waals surface area contributed by atoms with E-state index >= 15 is 0 Å². The molecule has 0 unspecified atom stereocenters. The van der Waals surface area contributed by atoms with Gasteiger partial charge in [0.05, 0.1) is 13.7 Å². The summed E-state index contributed by atoms with van der Waals surface area (Å²) in [5.41, 5.74) is 1.21. The Morgan fingerprint density at radius 3 is 3.12 bits per heavy atom.